The SMILES string of the molecule is O=C(CCc1c(Cl)cccc1Cl)Nc1ccc(S(=O)(=O)N2CCCCCC2)cc1. The van der Waals surface area contributed by atoms with Gasteiger partial charge in [-0.3, -0.25) is 4.79 Å². The lowest BCUT2D eigenvalue weighted by Crippen LogP contribution is -2.31. The van der Waals surface area contributed by atoms with E-state index < -0.39 is 10.0 Å². The molecule has 0 bridgehead atoms. The van der Waals surface area contributed by atoms with Crippen molar-refractivity contribution < 1.29 is 13.2 Å². The maximum atomic E-state index is 12.8. The summed E-state index contributed by atoms with van der Waals surface area (Å²) in [5.74, 6) is -0.191. The monoisotopic (exact) mass is 454 g/mol. The minimum atomic E-state index is -3.50. The molecule has 0 unspecified atom stereocenters. The first kappa shape index (κ1) is 22.1. The Labute approximate surface area is 182 Å². The second kappa shape index (κ2) is 9.94. The number of carbonyl (C=O) groups is 1. The van der Waals surface area contributed by atoms with E-state index in [2.05, 4.69) is 5.32 Å². The van der Waals surface area contributed by atoms with Gasteiger partial charge in [-0.2, -0.15) is 4.31 Å². The predicted molar refractivity (Wildman–Crippen MR) is 117 cm³/mol. The highest BCUT2D eigenvalue weighted by Gasteiger charge is 2.25. The third kappa shape index (κ3) is 5.72. The quantitative estimate of drug-likeness (QED) is 0.657. The van der Waals surface area contributed by atoms with Crippen molar-refractivity contribution in [1.82, 2.24) is 4.31 Å². The van der Waals surface area contributed by atoms with E-state index in [0.717, 1.165) is 31.2 Å². The topological polar surface area (TPSA) is 66.5 Å². The lowest BCUT2D eigenvalue weighted by Gasteiger charge is -2.20. The van der Waals surface area contributed by atoms with Gasteiger partial charge in [-0.05, 0) is 61.2 Å². The number of amides is 1. The third-order valence-corrected chi connectivity index (χ3v) is 7.63. The third-order valence-electron chi connectivity index (χ3n) is 5.00. The van der Waals surface area contributed by atoms with E-state index in [1.807, 2.05) is 0 Å². The van der Waals surface area contributed by atoms with Gasteiger partial charge in [0.15, 0.2) is 0 Å². The maximum absolute atomic E-state index is 12.8. The fourth-order valence-corrected chi connectivity index (χ4v) is 5.48. The van der Waals surface area contributed by atoms with Gasteiger partial charge in [-0.15, -0.1) is 0 Å². The van der Waals surface area contributed by atoms with Crippen LogP contribution in [0, 0.1) is 0 Å². The Bertz CT molecular complexity index is 934. The van der Waals surface area contributed by atoms with Crippen molar-refractivity contribution in [2.24, 2.45) is 0 Å². The molecular weight excluding hydrogens is 431 g/mol. The molecule has 0 aliphatic carbocycles. The molecule has 1 N–H and O–H groups in total. The zero-order valence-electron chi connectivity index (χ0n) is 16.0. The van der Waals surface area contributed by atoms with Crippen molar-refractivity contribution in [3.05, 3.63) is 58.1 Å². The molecule has 0 aromatic heterocycles. The van der Waals surface area contributed by atoms with Gasteiger partial charge in [0.05, 0.1) is 4.90 Å². The van der Waals surface area contributed by atoms with Crippen LogP contribution in [-0.4, -0.2) is 31.7 Å². The molecule has 0 radical (unpaired) electrons. The summed E-state index contributed by atoms with van der Waals surface area (Å²) < 4.78 is 27.2. The van der Waals surface area contributed by atoms with E-state index in [1.165, 1.54) is 0 Å². The number of nitrogens with zero attached hydrogens (tertiary/aromatic N) is 1. The largest absolute Gasteiger partial charge is 0.326 e. The second-order valence-corrected chi connectivity index (χ2v) is 9.84. The molecule has 0 saturated carbocycles. The molecular formula is C21H24Cl2N2O3S. The molecule has 1 aliphatic rings. The van der Waals surface area contributed by atoms with Gasteiger partial charge in [0, 0.05) is 35.2 Å². The van der Waals surface area contributed by atoms with Crippen molar-refractivity contribution in [2.45, 2.75) is 43.4 Å². The van der Waals surface area contributed by atoms with Crippen LogP contribution in [0.15, 0.2) is 47.4 Å². The number of hydrogen-bond acceptors (Lipinski definition) is 3. The van der Waals surface area contributed by atoms with Crippen LogP contribution >= 0.6 is 23.2 Å². The zero-order valence-corrected chi connectivity index (χ0v) is 18.4. The van der Waals surface area contributed by atoms with Crippen LogP contribution in [0.5, 0.6) is 0 Å². The van der Waals surface area contributed by atoms with Crippen LogP contribution in [0.25, 0.3) is 0 Å². The van der Waals surface area contributed by atoms with Crippen LogP contribution in [0.1, 0.15) is 37.7 Å². The summed E-state index contributed by atoms with van der Waals surface area (Å²) in [5, 5.41) is 3.86. The molecule has 3 rings (SSSR count). The molecule has 8 heteroatoms. The lowest BCUT2D eigenvalue weighted by atomic mass is 10.1. The van der Waals surface area contributed by atoms with Crippen LogP contribution in [-0.2, 0) is 21.2 Å². The number of carbonyl (C=O) groups excluding carboxylic acids is 1. The van der Waals surface area contributed by atoms with E-state index in [-0.39, 0.29) is 17.2 Å². The van der Waals surface area contributed by atoms with Gasteiger partial charge in [-0.1, -0.05) is 42.1 Å². The van der Waals surface area contributed by atoms with Gasteiger partial charge in [0.25, 0.3) is 0 Å². The minimum absolute atomic E-state index is 0.191. The lowest BCUT2D eigenvalue weighted by molar-refractivity contribution is -0.116. The number of nitrogens with one attached hydrogen (secondary N) is 1. The van der Waals surface area contributed by atoms with Crippen LogP contribution in [0.2, 0.25) is 10.0 Å². The standard InChI is InChI=1S/C21H24Cl2N2O3S/c22-19-6-5-7-20(23)18(19)12-13-21(26)24-16-8-10-17(11-9-16)29(27,28)25-14-3-1-2-4-15-25/h5-11H,1-4,12-15H2,(H,24,26). The van der Waals surface area contributed by atoms with Gasteiger partial charge in [0.2, 0.25) is 15.9 Å². The van der Waals surface area contributed by atoms with Crippen molar-refractivity contribution in [3.8, 4) is 0 Å². The molecule has 1 amide bonds. The van der Waals surface area contributed by atoms with Gasteiger partial charge in [-0.25, -0.2) is 8.42 Å². The molecule has 156 valence electrons. The summed E-state index contributed by atoms with van der Waals surface area (Å²) in [6.45, 7) is 1.12. The number of anilines is 1. The average Bonchev–Trinajstić information content (AvgIpc) is 2.98. The van der Waals surface area contributed by atoms with Crippen molar-refractivity contribution in [3.63, 3.8) is 0 Å². The van der Waals surface area contributed by atoms with E-state index in [4.69, 9.17) is 23.2 Å². The molecule has 5 nitrogen and oxygen atoms in total. The molecule has 1 saturated heterocycles. The number of rotatable bonds is 6. The highest BCUT2D eigenvalue weighted by molar-refractivity contribution is 7.89. The minimum Gasteiger partial charge on any atom is -0.326 e. The molecule has 1 heterocycles. The molecule has 2 aromatic rings. The number of benzene rings is 2. The second-order valence-electron chi connectivity index (χ2n) is 7.09. The fraction of sp³-hybridized carbons (Fsp3) is 0.381. The van der Waals surface area contributed by atoms with Crippen LogP contribution < -0.4 is 5.32 Å². The molecule has 1 aliphatic heterocycles. The Morgan fingerprint density at radius 1 is 0.931 bits per heavy atom. The van der Waals surface area contributed by atoms with Crippen LogP contribution in [0.4, 0.5) is 5.69 Å². The van der Waals surface area contributed by atoms with E-state index >= 15 is 0 Å². The van der Waals surface area contributed by atoms with E-state index in [1.54, 1.807) is 46.8 Å². The normalized spacial score (nSPS) is 15.7. The number of hydrogen-bond donors (Lipinski definition) is 1. The van der Waals surface area contributed by atoms with Crippen molar-refractivity contribution >= 4 is 44.8 Å². The summed E-state index contributed by atoms with van der Waals surface area (Å²) in [7, 11) is -3.50. The van der Waals surface area contributed by atoms with E-state index in [0.29, 0.717) is 35.2 Å². The number of sulfonamides is 1. The summed E-state index contributed by atoms with van der Waals surface area (Å²) in [5.41, 5.74) is 1.29. The summed E-state index contributed by atoms with van der Waals surface area (Å²) in [6, 6.07) is 11.6. The fourth-order valence-electron chi connectivity index (χ4n) is 3.37. The summed E-state index contributed by atoms with van der Waals surface area (Å²) >= 11 is 12.3. The molecule has 29 heavy (non-hydrogen) atoms. The smallest absolute Gasteiger partial charge is 0.243 e. The highest BCUT2D eigenvalue weighted by atomic mass is 35.5. The predicted octanol–water partition coefficient (Wildman–Crippen LogP) is 5.13. The van der Waals surface area contributed by atoms with E-state index in [9.17, 15) is 13.2 Å². The van der Waals surface area contributed by atoms with Gasteiger partial charge in [0.1, 0.15) is 0 Å². The maximum Gasteiger partial charge on any atom is 0.243 e. The van der Waals surface area contributed by atoms with Crippen molar-refractivity contribution in [1.29, 1.82) is 0 Å². The Hall–Kier alpha value is -1.60. The van der Waals surface area contributed by atoms with Gasteiger partial charge >= 0.3 is 0 Å². The number of halogens is 2. The molecule has 1 fully saturated rings. The first-order valence-corrected chi connectivity index (χ1v) is 11.9. The summed E-state index contributed by atoms with van der Waals surface area (Å²) in [4.78, 5) is 12.5. The summed E-state index contributed by atoms with van der Waals surface area (Å²) in [6.07, 6.45) is 4.56. The van der Waals surface area contributed by atoms with Crippen molar-refractivity contribution in [2.75, 3.05) is 18.4 Å². The Kier molecular flexibility index (Phi) is 7.57. The highest BCUT2D eigenvalue weighted by Crippen LogP contribution is 2.26. The Morgan fingerprint density at radius 2 is 1.52 bits per heavy atom. The Balaban J connectivity index is 1.60. The molecule has 0 spiro atoms. The first-order valence-electron chi connectivity index (χ1n) is 9.71. The average molecular weight is 455 g/mol. The van der Waals surface area contributed by atoms with Crippen LogP contribution in [0.3, 0.4) is 0 Å². The first-order chi connectivity index (χ1) is 13.9. The van der Waals surface area contributed by atoms with Gasteiger partial charge < -0.3 is 5.32 Å². The molecule has 0 atom stereocenters. The molecule has 2 aromatic carbocycles. The Morgan fingerprint density at radius 3 is 2.10 bits per heavy atom. The zero-order chi connectivity index (χ0) is 20.9.